The van der Waals surface area contributed by atoms with E-state index < -0.39 is 16.2 Å². The number of nitrogens with two attached hydrogens (primary N) is 1. The molecule has 7 nitrogen and oxygen atoms in total. The third-order valence-electron chi connectivity index (χ3n) is 6.05. The number of rotatable bonds is 9. The zero-order valence-corrected chi connectivity index (χ0v) is 19.1. The van der Waals surface area contributed by atoms with Crippen LogP contribution in [-0.2, 0) is 21.4 Å². The molecule has 174 valence electrons. The standard InChI is InChI=1S/C25H28N2O5S/c26-33(30,31)27-20-10-11-21-19(15-20)6-3-7-22(21)23-14-17(9-13-25(28)29)8-12-24(23)32-16-18-4-1-2-5-18/h3,6-8,10-12,14-15,18,27H,1-2,4-5,9,13,16H2,(H,28,29)(H2,26,30,31). The van der Waals surface area contributed by atoms with Gasteiger partial charge in [-0.15, -0.1) is 0 Å². The molecule has 0 unspecified atom stereocenters. The quantitative estimate of drug-likeness (QED) is 0.420. The number of benzene rings is 3. The second kappa shape index (κ2) is 9.80. The van der Waals surface area contributed by atoms with Crippen molar-refractivity contribution in [2.24, 2.45) is 11.1 Å². The van der Waals surface area contributed by atoms with Crippen molar-refractivity contribution < 1.29 is 23.1 Å². The van der Waals surface area contributed by atoms with Crippen LogP contribution in [0.4, 0.5) is 5.69 Å². The highest BCUT2D eigenvalue weighted by atomic mass is 32.2. The van der Waals surface area contributed by atoms with E-state index in [1.807, 2.05) is 42.5 Å². The summed E-state index contributed by atoms with van der Waals surface area (Å²) in [5.41, 5.74) is 3.14. The second-order valence-corrected chi connectivity index (χ2v) is 9.87. The molecule has 0 radical (unpaired) electrons. The first-order chi connectivity index (χ1) is 15.8. The van der Waals surface area contributed by atoms with Gasteiger partial charge in [-0.1, -0.05) is 43.2 Å². The van der Waals surface area contributed by atoms with Gasteiger partial charge in [-0.05, 0) is 71.3 Å². The van der Waals surface area contributed by atoms with Crippen molar-refractivity contribution in [1.82, 2.24) is 0 Å². The van der Waals surface area contributed by atoms with Crippen LogP contribution >= 0.6 is 0 Å². The van der Waals surface area contributed by atoms with E-state index in [1.165, 1.54) is 25.7 Å². The van der Waals surface area contributed by atoms with E-state index in [4.69, 9.17) is 15.0 Å². The average molecular weight is 469 g/mol. The van der Waals surface area contributed by atoms with Crippen molar-refractivity contribution in [3.8, 4) is 16.9 Å². The Balaban J connectivity index is 1.73. The number of ether oxygens (including phenoxy) is 1. The van der Waals surface area contributed by atoms with E-state index in [0.717, 1.165) is 33.2 Å². The van der Waals surface area contributed by atoms with Gasteiger partial charge in [-0.2, -0.15) is 8.42 Å². The highest BCUT2D eigenvalue weighted by Crippen LogP contribution is 2.38. The zero-order chi connectivity index (χ0) is 23.4. The van der Waals surface area contributed by atoms with Crippen molar-refractivity contribution in [2.75, 3.05) is 11.3 Å². The summed E-state index contributed by atoms with van der Waals surface area (Å²) < 4.78 is 31.4. The van der Waals surface area contributed by atoms with Crippen LogP contribution in [0.15, 0.2) is 54.6 Å². The van der Waals surface area contributed by atoms with Gasteiger partial charge in [0, 0.05) is 12.0 Å². The van der Waals surface area contributed by atoms with E-state index in [-0.39, 0.29) is 6.42 Å². The van der Waals surface area contributed by atoms with Gasteiger partial charge in [0.15, 0.2) is 0 Å². The molecule has 33 heavy (non-hydrogen) atoms. The van der Waals surface area contributed by atoms with Crippen molar-refractivity contribution in [3.63, 3.8) is 0 Å². The molecule has 0 aromatic heterocycles. The third kappa shape index (κ3) is 6.03. The fraction of sp³-hybridized carbons (Fsp3) is 0.320. The molecule has 0 bridgehead atoms. The maximum atomic E-state index is 11.4. The molecule has 1 aliphatic rings. The maximum Gasteiger partial charge on any atom is 0.303 e. The zero-order valence-electron chi connectivity index (χ0n) is 18.3. The summed E-state index contributed by atoms with van der Waals surface area (Å²) in [6.07, 6.45) is 5.33. The number of carboxylic acid groups (broad SMARTS) is 1. The molecule has 8 heteroatoms. The van der Waals surface area contributed by atoms with Crippen molar-refractivity contribution >= 4 is 32.6 Å². The summed E-state index contributed by atoms with van der Waals surface area (Å²) in [5, 5.41) is 16.0. The number of carbonyl (C=O) groups is 1. The minimum absolute atomic E-state index is 0.0554. The molecule has 0 spiro atoms. The van der Waals surface area contributed by atoms with Crippen molar-refractivity contribution in [2.45, 2.75) is 38.5 Å². The summed E-state index contributed by atoms with van der Waals surface area (Å²) in [6, 6.07) is 16.9. The van der Waals surface area contributed by atoms with Gasteiger partial charge in [0.25, 0.3) is 10.2 Å². The van der Waals surface area contributed by atoms with E-state index in [0.29, 0.717) is 24.6 Å². The first kappa shape index (κ1) is 23.1. The fourth-order valence-corrected chi connectivity index (χ4v) is 4.91. The summed E-state index contributed by atoms with van der Waals surface area (Å²) in [5.74, 6) is 0.488. The first-order valence-electron chi connectivity index (χ1n) is 11.1. The van der Waals surface area contributed by atoms with Gasteiger partial charge in [0.1, 0.15) is 5.75 Å². The largest absolute Gasteiger partial charge is 0.493 e. The van der Waals surface area contributed by atoms with E-state index in [2.05, 4.69) is 4.72 Å². The molecule has 1 aliphatic carbocycles. The van der Waals surface area contributed by atoms with Crippen molar-refractivity contribution in [3.05, 3.63) is 60.2 Å². The Morgan fingerprint density at radius 3 is 2.58 bits per heavy atom. The highest BCUT2D eigenvalue weighted by molar-refractivity contribution is 7.90. The van der Waals surface area contributed by atoms with Crippen LogP contribution in [0.3, 0.4) is 0 Å². The lowest BCUT2D eigenvalue weighted by molar-refractivity contribution is -0.136. The molecular weight excluding hydrogens is 440 g/mol. The van der Waals surface area contributed by atoms with Gasteiger partial charge in [-0.3, -0.25) is 9.52 Å². The summed E-state index contributed by atoms with van der Waals surface area (Å²) >= 11 is 0. The number of aryl methyl sites for hydroxylation is 1. The SMILES string of the molecule is NS(=O)(=O)Nc1ccc2c(-c3cc(CCC(=O)O)ccc3OCC3CCCC3)cccc2c1. The van der Waals surface area contributed by atoms with Gasteiger partial charge < -0.3 is 9.84 Å². The maximum absolute atomic E-state index is 11.4. The molecule has 4 rings (SSSR count). The van der Waals surface area contributed by atoms with Gasteiger partial charge >= 0.3 is 5.97 Å². The summed E-state index contributed by atoms with van der Waals surface area (Å²) in [4.78, 5) is 11.1. The van der Waals surface area contributed by atoms with Crippen LogP contribution in [-0.4, -0.2) is 26.1 Å². The van der Waals surface area contributed by atoms with Gasteiger partial charge in [-0.25, -0.2) is 5.14 Å². The molecule has 3 aromatic rings. The van der Waals surface area contributed by atoms with E-state index in [1.54, 1.807) is 12.1 Å². The molecule has 4 N–H and O–H groups in total. The summed E-state index contributed by atoms with van der Waals surface area (Å²) in [7, 11) is -3.87. The molecule has 0 amide bonds. The summed E-state index contributed by atoms with van der Waals surface area (Å²) in [6.45, 7) is 0.661. The lowest BCUT2D eigenvalue weighted by Gasteiger charge is -2.17. The van der Waals surface area contributed by atoms with Gasteiger partial charge in [0.05, 0.1) is 12.3 Å². The van der Waals surface area contributed by atoms with Crippen LogP contribution in [0.25, 0.3) is 21.9 Å². The van der Waals surface area contributed by atoms with Crippen LogP contribution in [0.5, 0.6) is 5.75 Å². The number of carboxylic acids is 1. The number of fused-ring (bicyclic) bond motifs is 1. The Labute approximate surface area is 193 Å². The van der Waals surface area contributed by atoms with E-state index >= 15 is 0 Å². The molecule has 0 saturated heterocycles. The molecule has 0 heterocycles. The number of aliphatic carboxylic acids is 1. The van der Waals surface area contributed by atoms with Crippen LogP contribution in [0.2, 0.25) is 0 Å². The molecule has 0 atom stereocenters. The predicted octanol–water partition coefficient (Wildman–Crippen LogP) is 4.71. The highest BCUT2D eigenvalue weighted by Gasteiger charge is 2.18. The topological polar surface area (TPSA) is 119 Å². The lowest BCUT2D eigenvalue weighted by Crippen LogP contribution is -2.21. The Bertz CT molecular complexity index is 1270. The molecular formula is C25H28N2O5S. The number of nitrogens with one attached hydrogen (secondary N) is 1. The Hall–Kier alpha value is -3.10. The normalized spacial score (nSPS) is 14.5. The second-order valence-electron chi connectivity index (χ2n) is 8.57. The number of anilines is 1. The number of hydrogen-bond acceptors (Lipinski definition) is 4. The smallest absolute Gasteiger partial charge is 0.303 e. The third-order valence-corrected chi connectivity index (χ3v) is 6.57. The lowest BCUT2D eigenvalue weighted by atomic mass is 9.95. The minimum atomic E-state index is -3.87. The molecule has 0 aliphatic heterocycles. The van der Waals surface area contributed by atoms with Crippen LogP contribution in [0.1, 0.15) is 37.7 Å². The Morgan fingerprint density at radius 1 is 1.06 bits per heavy atom. The van der Waals surface area contributed by atoms with Gasteiger partial charge in [0.2, 0.25) is 0 Å². The predicted molar refractivity (Wildman–Crippen MR) is 130 cm³/mol. The minimum Gasteiger partial charge on any atom is -0.493 e. The monoisotopic (exact) mass is 468 g/mol. The fourth-order valence-electron chi connectivity index (χ4n) is 4.45. The van der Waals surface area contributed by atoms with E-state index in [9.17, 15) is 13.2 Å². The van der Waals surface area contributed by atoms with Crippen LogP contribution in [0, 0.1) is 5.92 Å². The van der Waals surface area contributed by atoms with Crippen LogP contribution < -0.4 is 14.6 Å². The average Bonchev–Trinajstić information content (AvgIpc) is 3.28. The molecule has 1 saturated carbocycles. The number of hydrogen-bond donors (Lipinski definition) is 3. The Morgan fingerprint density at radius 2 is 1.85 bits per heavy atom. The molecule has 1 fully saturated rings. The Kier molecular flexibility index (Phi) is 6.85. The molecule has 3 aromatic carbocycles. The first-order valence-corrected chi connectivity index (χ1v) is 12.6. The van der Waals surface area contributed by atoms with Crippen molar-refractivity contribution in [1.29, 1.82) is 0 Å².